The number of para-hydroxylation sites is 1. The van der Waals surface area contributed by atoms with Gasteiger partial charge >= 0.3 is 0 Å². The minimum atomic E-state index is 0.204. The van der Waals surface area contributed by atoms with E-state index in [9.17, 15) is 0 Å². The number of aliphatic hydroxyl groups is 1. The largest absolute Gasteiger partial charge is 0.396 e. The number of benzene rings is 1. The highest BCUT2D eigenvalue weighted by atomic mass is 32.2. The van der Waals surface area contributed by atoms with E-state index in [1.165, 1.54) is 0 Å². The van der Waals surface area contributed by atoms with Gasteiger partial charge in [0, 0.05) is 24.3 Å². The molecule has 0 aliphatic carbocycles. The first kappa shape index (κ1) is 13.1. The summed E-state index contributed by atoms with van der Waals surface area (Å²) >= 11 is 1.68. The van der Waals surface area contributed by atoms with Crippen LogP contribution in [0.3, 0.4) is 0 Å². The average molecular weight is 263 g/mol. The summed E-state index contributed by atoms with van der Waals surface area (Å²) in [5.41, 5.74) is 0.940. The van der Waals surface area contributed by atoms with Crippen molar-refractivity contribution in [1.82, 2.24) is 9.97 Å². The van der Waals surface area contributed by atoms with Gasteiger partial charge in [-0.15, -0.1) is 11.8 Å². The molecule has 0 amide bonds. The van der Waals surface area contributed by atoms with Crippen LogP contribution in [0.5, 0.6) is 0 Å². The van der Waals surface area contributed by atoms with Crippen molar-refractivity contribution in [1.29, 1.82) is 0 Å². The number of hydrogen-bond donors (Lipinski definition) is 2. The van der Waals surface area contributed by atoms with Crippen molar-refractivity contribution in [2.45, 2.75) is 23.6 Å². The van der Waals surface area contributed by atoms with E-state index >= 15 is 0 Å². The van der Waals surface area contributed by atoms with E-state index in [-0.39, 0.29) is 6.61 Å². The smallest absolute Gasteiger partial charge is 0.224 e. The second kappa shape index (κ2) is 6.02. The van der Waals surface area contributed by atoms with E-state index in [1.54, 1.807) is 11.8 Å². The summed E-state index contributed by atoms with van der Waals surface area (Å²) in [6.45, 7) is 2.30. The van der Waals surface area contributed by atoms with Crippen LogP contribution >= 0.6 is 11.8 Å². The fourth-order valence-electron chi connectivity index (χ4n) is 1.68. The van der Waals surface area contributed by atoms with Crippen molar-refractivity contribution in [3.63, 3.8) is 0 Å². The topological polar surface area (TPSA) is 58.0 Å². The number of thioether (sulfide) groups is 1. The summed E-state index contributed by atoms with van der Waals surface area (Å²) in [5.74, 6) is 0.632. The quantitative estimate of drug-likeness (QED) is 0.641. The molecule has 0 saturated heterocycles. The number of nitrogens with one attached hydrogen (secondary N) is 1. The van der Waals surface area contributed by atoms with Gasteiger partial charge in [0.15, 0.2) is 0 Å². The molecule has 0 aliphatic heterocycles. The van der Waals surface area contributed by atoms with Gasteiger partial charge in [-0.2, -0.15) is 0 Å². The molecular formula is C13H17N3OS. The van der Waals surface area contributed by atoms with Crippen LogP contribution in [0.1, 0.15) is 13.3 Å². The molecule has 5 heteroatoms. The predicted octanol–water partition coefficient (Wildman–Crippen LogP) is 2.53. The van der Waals surface area contributed by atoms with E-state index in [1.807, 2.05) is 31.3 Å². The van der Waals surface area contributed by atoms with Crippen LogP contribution in [0, 0.1) is 0 Å². The van der Waals surface area contributed by atoms with E-state index in [0.717, 1.165) is 22.3 Å². The Bertz CT molecular complexity index is 533. The highest BCUT2D eigenvalue weighted by Gasteiger charge is 2.11. The van der Waals surface area contributed by atoms with E-state index in [2.05, 4.69) is 22.2 Å². The number of rotatable bonds is 5. The Kier molecular flexibility index (Phi) is 4.38. The van der Waals surface area contributed by atoms with Crippen molar-refractivity contribution < 1.29 is 5.11 Å². The molecule has 1 aromatic heterocycles. The van der Waals surface area contributed by atoms with Gasteiger partial charge in [-0.3, -0.25) is 0 Å². The Morgan fingerprint density at radius 1 is 1.33 bits per heavy atom. The summed E-state index contributed by atoms with van der Waals surface area (Å²) < 4.78 is 0. The average Bonchev–Trinajstić information content (AvgIpc) is 2.38. The van der Waals surface area contributed by atoms with Gasteiger partial charge in [-0.25, -0.2) is 9.97 Å². The molecule has 0 radical (unpaired) electrons. The molecule has 18 heavy (non-hydrogen) atoms. The Morgan fingerprint density at radius 2 is 2.11 bits per heavy atom. The van der Waals surface area contributed by atoms with Gasteiger partial charge in [0.2, 0.25) is 5.95 Å². The lowest BCUT2D eigenvalue weighted by atomic mass is 10.2. The normalized spacial score (nSPS) is 12.6. The Labute approximate surface area is 111 Å². The zero-order valence-electron chi connectivity index (χ0n) is 10.6. The van der Waals surface area contributed by atoms with Gasteiger partial charge in [-0.1, -0.05) is 25.1 Å². The number of hydrogen-bond acceptors (Lipinski definition) is 5. The highest BCUT2D eigenvalue weighted by molar-refractivity contribution is 8.00. The van der Waals surface area contributed by atoms with Crippen LogP contribution in [0.4, 0.5) is 5.95 Å². The minimum Gasteiger partial charge on any atom is -0.396 e. The zero-order valence-corrected chi connectivity index (χ0v) is 11.4. The minimum absolute atomic E-state index is 0.204. The molecular weight excluding hydrogens is 246 g/mol. The maximum absolute atomic E-state index is 8.97. The van der Waals surface area contributed by atoms with Gasteiger partial charge in [-0.05, 0) is 12.5 Å². The molecule has 0 saturated carbocycles. The summed E-state index contributed by atoms with van der Waals surface area (Å²) in [6, 6.07) is 7.98. The lowest BCUT2D eigenvalue weighted by molar-refractivity contribution is 0.289. The van der Waals surface area contributed by atoms with Crippen LogP contribution in [-0.2, 0) is 0 Å². The first-order valence-electron chi connectivity index (χ1n) is 5.96. The second-order valence-corrected chi connectivity index (χ2v) is 5.49. The Balaban J connectivity index is 2.40. The number of fused-ring (bicyclic) bond motifs is 1. The lowest BCUT2D eigenvalue weighted by Crippen LogP contribution is -2.03. The molecule has 1 aromatic carbocycles. The summed E-state index contributed by atoms with van der Waals surface area (Å²) in [4.78, 5) is 8.92. The molecule has 2 N–H and O–H groups in total. The molecule has 4 nitrogen and oxygen atoms in total. The monoisotopic (exact) mass is 263 g/mol. The van der Waals surface area contributed by atoms with E-state index in [4.69, 9.17) is 5.11 Å². The summed E-state index contributed by atoms with van der Waals surface area (Å²) in [5, 5.41) is 14.3. The fraction of sp³-hybridized carbons (Fsp3) is 0.385. The van der Waals surface area contributed by atoms with Crippen LogP contribution in [0.15, 0.2) is 29.3 Å². The summed E-state index contributed by atoms with van der Waals surface area (Å²) in [7, 11) is 1.82. The third kappa shape index (κ3) is 2.91. The molecule has 0 fully saturated rings. The van der Waals surface area contributed by atoms with Gasteiger partial charge in [0.25, 0.3) is 0 Å². The lowest BCUT2D eigenvalue weighted by Gasteiger charge is -2.12. The molecule has 2 aromatic rings. The fourth-order valence-corrected chi connectivity index (χ4v) is 2.72. The van der Waals surface area contributed by atoms with E-state index in [0.29, 0.717) is 11.2 Å². The van der Waals surface area contributed by atoms with Gasteiger partial charge in [0.05, 0.1) is 5.52 Å². The SMILES string of the molecule is CNc1nc(SC(C)CCO)c2ccccc2n1. The Hall–Kier alpha value is -1.33. The van der Waals surface area contributed by atoms with Crippen molar-refractivity contribution in [2.75, 3.05) is 19.0 Å². The molecule has 0 spiro atoms. The van der Waals surface area contributed by atoms with Crippen molar-refractivity contribution in [2.24, 2.45) is 0 Å². The van der Waals surface area contributed by atoms with Crippen LogP contribution < -0.4 is 5.32 Å². The zero-order chi connectivity index (χ0) is 13.0. The molecule has 1 atom stereocenters. The van der Waals surface area contributed by atoms with Crippen molar-refractivity contribution in [3.8, 4) is 0 Å². The first-order valence-corrected chi connectivity index (χ1v) is 6.84. The van der Waals surface area contributed by atoms with Crippen LogP contribution in [0.25, 0.3) is 10.9 Å². The predicted molar refractivity (Wildman–Crippen MR) is 76.1 cm³/mol. The summed E-state index contributed by atoms with van der Waals surface area (Å²) in [6.07, 6.45) is 0.762. The first-order chi connectivity index (χ1) is 8.74. The van der Waals surface area contributed by atoms with Gasteiger partial charge in [0.1, 0.15) is 5.03 Å². The molecule has 2 rings (SSSR count). The third-order valence-corrected chi connectivity index (χ3v) is 3.81. The maximum Gasteiger partial charge on any atom is 0.224 e. The standard InChI is InChI=1S/C13H17N3OS/c1-9(7-8-17)18-12-10-5-3-4-6-11(10)15-13(14-2)16-12/h3-6,9,17H,7-8H2,1-2H3,(H,14,15,16). The molecule has 0 aliphatic rings. The van der Waals surface area contributed by atoms with E-state index < -0.39 is 0 Å². The van der Waals surface area contributed by atoms with Crippen LogP contribution in [-0.4, -0.2) is 34.0 Å². The molecule has 96 valence electrons. The number of nitrogens with zero attached hydrogens (tertiary/aromatic N) is 2. The van der Waals surface area contributed by atoms with Crippen LogP contribution in [0.2, 0.25) is 0 Å². The number of aromatic nitrogens is 2. The Morgan fingerprint density at radius 3 is 2.83 bits per heavy atom. The van der Waals surface area contributed by atoms with Crippen molar-refractivity contribution in [3.05, 3.63) is 24.3 Å². The third-order valence-electron chi connectivity index (χ3n) is 2.64. The molecule has 1 unspecified atom stereocenters. The number of aliphatic hydroxyl groups excluding tert-OH is 1. The highest BCUT2D eigenvalue weighted by Crippen LogP contribution is 2.30. The van der Waals surface area contributed by atoms with Gasteiger partial charge < -0.3 is 10.4 Å². The maximum atomic E-state index is 8.97. The second-order valence-electron chi connectivity index (χ2n) is 4.06. The number of anilines is 1. The molecule has 1 heterocycles. The molecule has 0 bridgehead atoms. The van der Waals surface area contributed by atoms with Crippen molar-refractivity contribution >= 4 is 28.6 Å².